The number of benzene rings is 1. The standard InChI is InChI=1S/C21H25N3O6/c1-13(20(26)22-11-16-5-4-8-30-16)23-21(27)14-9-19(25)24(12-14)17-10-15(28-2)6-7-18(17)29-3/h4-8,10,13-14H,9,11-12H2,1-3H3,(H,22,26)(H,23,27). The molecule has 3 rings (SSSR count). The molecule has 2 heterocycles. The molecule has 1 saturated heterocycles. The van der Waals surface area contributed by atoms with Crippen molar-refractivity contribution in [1.82, 2.24) is 10.6 Å². The Labute approximate surface area is 174 Å². The number of carbonyl (C=O) groups excluding carboxylic acids is 3. The lowest BCUT2D eigenvalue weighted by molar-refractivity contribution is -0.131. The highest BCUT2D eigenvalue weighted by Gasteiger charge is 2.37. The molecule has 9 nitrogen and oxygen atoms in total. The number of anilines is 1. The third kappa shape index (κ3) is 4.73. The van der Waals surface area contributed by atoms with Crippen LogP contribution in [0, 0.1) is 5.92 Å². The van der Waals surface area contributed by atoms with Crippen molar-refractivity contribution in [1.29, 1.82) is 0 Å². The van der Waals surface area contributed by atoms with E-state index in [4.69, 9.17) is 13.9 Å². The number of hydrogen-bond acceptors (Lipinski definition) is 6. The van der Waals surface area contributed by atoms with Crippen LogP contribution < -0.4 is 25.0 Å². The Morgan fingerprint density at radius 1 is 1.27 bits per heavy atom. The average molecular weight is 415 g/mol. The Balaban J connectivity index is 1.60. The molecule has 0 spiro atoms. The maximum atomic E-state index is 12.6. The summed E-state index contributed by atoms with van der Waals surface area (Å²) in [5, 5.41) is 5.38. The zero-order valence-electron chi connectivity index (χ0n) is 17.1. The van der Waals surface area contributed by atoms with Crippen molar-refractivity contribution in [2.24, 2.45) is 5.92 Å². The van der Waals surface area contributed by atoms with Crippen LogP contribution in [0.25, 0.3) is 0 Å². The van der Waals surface area contributed by atoms with E-state index >= 15 is 0 Å². The molecule has 1 aromatic carbocycles. The molecule has 3 amide bonds. The van der Waals surface area contributed by atoms with Gasteiger partial charge in [-0.05, 0) is 31.2 Å². The minimum atomic E-state index is -0.747. The number of methoxy groups -OCH3 is 2. The smallest absolute Gasteiger partial charge is 0.242 e. The third-order valence-corrected chi connectivity index (χ3v) is 4.94. The minimum absolute atomic E-state index is 0.0485. The van der Waals surface area contributed by atoms with E-state index in [0.717, 1.165) is 0 Å². The summed E-state index contributed by atoms with van der Waals surface area (Å²) >= 11 is 0. The monoisotopic (exact) mass is 415 g/mol. The molecule has 0 aliphatic carbocycles. The summed E-state index contributed by atoms with van der Waals surface area (Å²) in [6.45, 7) is 2.02. The fourth-order valence-corrected chi connectivity index (χ4v) is 3.26. The second kappa shape index (κ2) is 9.34. The van der Waals surface area contributed by atoms with Gasteiger partial charge in [-0.2, -0.15) is 0 Å². The van der Waals surface area contributed by atoms with Gasteiger partial charge in [-0.15, -0.1) is 0 Å². The van der Waals surface area contributed by atoms with Crippen LogP contribution in [-0.4, -0.2) is 44.5 Å². The summed E-state index contributed by atoms with van der Waals surface area (Å²) in [5.41, 5.74) is 0.543. The molecule has 0 saturated carbocycles. The molecule has 2 atom stereocenters. The van der Waals surface area contributed by atoms with Crippen LogP contribution in [0.2, 0.25) is 0 Å². The summed E-state index contributed by atoms with van der Waals surface area (Å²) in [6, 6.07) is 7.86. The molecular formula is C21H25N3O6. The Hall–Kier alpha value is -3.49. The van der Waals surface area contributed by atoms with Crippen molar-refractivity contribution in [2.75, 3.05) is 25.7 Å². The van der Waals surface area contributed by atoms with E-state index in [9.17, 15) is 14.4 Å². The van der Waals surface area contributed by atoms with E-state index in [1.54, 1.807) is 37.3 Å². The number of carbonyl (C=O) groups is 3. The lowest BCUT2D eigenvalue weighted by Crippen LogP contribution is -2.46. The van der Waals surface area contributed by atoms with Crippen molar-refractivity contribution in [3.05, 3.63) is 42.4 Å². The van der Waals surface area contributed by atoms with Gasteiger partial charge in [-0.1, -0.05) is 0 Å². The maximum absolute atomic E-state index is 12.6. The van der Waals surface area contributed by atoms with Gasteiger partial charge in [0.1, 0.15) is 23.3 Å². The van der Waals surface area contributed by atoms with Crippen LogP contribution in [0.4, 0.5) is 5.69 Å². The lowest BCUT2D eigenvalue weighted by Gasteiger charge is -2.21. The normalized spacial score (nSPS) is 16.8. The molecular weight excluding hydrogens is 390 g/mol. The molecule has 1 fully saturated rings. The first-order chi connectivity index (χ1) is 14.4. The van der Waals surface area contributed by atoms with Crippen LogP contribution in [0.1, 0.15) is 19.1 Å². The van der Waals surface area contributed by atoms with Crippen LogP contribution >= 0.6 is 0 Å². The lowest BCUT2D eigenvalue weighted by atomic mass is 10.1. The van der Waals surface area contributed by atoms with Crippen molar-refractivity contribution in [3.8, 4) is 11.5 Å². The molecule has 1 aliphatic heterocycles. The van der Waals surface area contributed by atoms with E-state index < -0.39 is 12.0 Å². The first kappa shape index (κ1) is 21.2. The van der Waals surface area contributed by atoms with E-state index in [-0.39, 0.29) is 37.2 Å². The third-order valence-electron chi connectivity index (χ3n) is 4.94. The summed E-state index contributed by atoms with van der Waals surface area (Å²) in [5.74, 6) is 0.240. The van der Waals surface area contributed by atoms with Gasteiger partial charge in [0.15, 0.2) is 0 Å². The van der Waals surface area contributed by atoms with Crippen molar-refractivity contribution < 1.29 is 28.3 Å². The summed E-state index contributed by atoms with van der Waals surface area (Å²) < 4.78 is 15.7. The highest BCUT2D eigenvalue weighted by Crippen LogP contribution is 2.36. The molecule has 30 heavy (non-hydrogen) atoms. The maximum Gasteiger partial charge on any atom is 0.242 e. The molecule has 0 bridgehead atoms. The van der Waals surface area contributed by atoms with E-state index in [1.165, 1.54) is 25.4 Å². The summed E-state index contributed by atoms with van der Waals surface area (Å²) in [6.07, 6.45) is 1.57. The van der Waals surface area contributed by atoms with Gasteiger partial charge in [0.25, 0.3) is 0 Å². The number of nitrogens with one attached hydrogen (secondary N) is 2. The van der Waals surface area contributed by atoms with Crippen LogP contribution in [0.15, 0.2) is 41.0 Å². The highest BCUT2D eigenvalue weighted by molar-refractivity contribution is 6.02. The number of amides is 3. The fourth-order valence-electron chi connectivity index (χ4n) is 3.26. The van der Waals surface area contributed by atoms with Crippen molar-refractivity contribution >= 4 is 23.4 Å². The largest absolute Gasteiger partial charge is 0.497 e. The number of nitrogens with zero attached hydrogens (tertiary/aromatic N) is 1. The molecule has 2 N–H and O–H groups in total. The fraction of sp³-hybridized carbons (Fsp3) is 0.381. The first-order valence-electron chi connectivity index (χ1n) is 9.55. The quantitative estimate of drug-likeness (QED) is 0.676. The van der Waals surface area contributed by atoms with Gasteiger partial charge in [0.2, 0.25) is 17.7 Å². The van der Waals surface area contributed by atoms with Gasteiger partial charge in [0.05, 0.1) is 38.6 Å². The van der Waals surface area contributed by atoms with Crippen molar-refractivity contribution in [2.45, 2.75) is 25.9 Å². The predicted octanol–water partition coefficient (Wildman–Crippen LogP) is 1.47. The van der Waals surface area contributed by atoms with Crippen LogP contribution in [-0.2, 0) is 20.9 Å². The van der Waals surface area contributed by atoms with E-state index in [2.05, 4.69) is 10.6 Å². The first-order valence-corrected chi connectivity index (χ1v) is 9.55. The number of ether oxygens (including phenoxy) is 2. The Morgan fingerprint density at radius 3 is 2.73 bits per heavy atom. The molecule has 160 valence electrons. The summed E-state index contributed by atoms with van der Waals surface area (Å²) in [4.78, 5) is 38.9. The Bertz CT molecular complexity index is 911. The zero-order valence-corrected chi connectivity index (χ0v) is 17.1. The van der Waals surface area contributed by atoms with Gasteiger partial charge < -0.3 is 29.4 Å². The number of hydrogen-bond donors (Lipinski definition) is 2. The van der Waals surface area contributed by atoms with Crippen LogP contribution in [0.5, 0.6) is 11.5 Å². The molecule has 0 radical (unpaired) electrons. The van der Waals surface area contributed by atoms with Gasteiger partial charge in [-0.3, -0.25) is 14.4 Å². The zero-order chi connectivity index (χ0) is 21.7. The molecule has 9 heteroatoms. The molecule has 2 unspecified atom stereocenters. The Morgan fingerprint density at radius 2 is 2.07 bits per heavy atom. The SMILES string of the molecule is COc1ccc(OC)c(N2CC(C(=O)NC(C)C(=O)NCc3ccco3)CC2=O)c1. The topological polar surface area (TPSA) is 110 Å². The molecule has 1 aromatic heterocycles. The van der Waals surface area contributed by atoms with Crippen molar-refractivity contribution in [3.63, 3.8) is 0 Å². The second-order valence-corrected chi connectivity index (χ2v) is 6.97. The van der Waals surface area contributed by atoms with Gasteiger partial charge in [0, 0.05) is 19.0 Å². The van der Waals surface area contributed by atoms with E-state index in [0.29, 0.717) is 22.9 Å². The Kier molecular flexibility index (Phi) is 6.61. The predicted molar refractivity (Wildman–Crippen MR) is 108 cm³/mol. The second-order valence-electron chi connectivity index (χ2n) is 6.97. The van der Waals surface area contributed by atoms with Crippen LogP contribution in [0.3, 0.4) is 0 Å². The average Bonchev–Trinajstić information content (AvgIpc) is 3.41. The highest BCUT2D eigenvalue weighted by atomic mass is 16.5. The number of furan rings is 1. The van der Waals surface area contributed by atoms with Gasteiger partial charge in [-0.25, -0.2) is 0 Å². The number of rotatable bonds is 8. The minimum Gasteiger partial charge on any atom is -0.497 e. The molecule has 2 aromatic rings. The molecule has 1 aliphatic rings. The van der Waals surface area contributed by atoms with E-state index in [1.807, 2.05) is 0 Å². The summed E-state index contributed by atoms with van der Waals surface area (Å²) in [7, 11) is 3.05. The van der Waals surface area contributed by atoms with Gasteiger partial charge >= 0.3 is 0 Å².